The number of amides is 1. The average Bonchev–Trinajstić information content (AvgIpc) is 3.07. The Kier molecular flexibility index (Phi) is 5.36. The van der Waals surface area contributed by atoms with E-state index in [1.54, 1.807) is 18.2 Å². The van der Waals surface area contributed by atoms with Crippen molar-refractivity contribution in [1.82, 2.24) is 10.1 Å². The lowest BCUT2D eigenvalue weighted by atomic mass is 9.86. The van der Waals surface area contributed by atoms with Crippen LogP contribution in [0.2, 0.25) is 5.02 Å². The molecule has 1 aliphatic heterocycles. The van der Waals surface area contributed by atoms with Crippen molar-refractivity contribution in [3.63, 3.8) is 0 Å². The number of aromatic nitrogens is 1. The number of rotatable bonds is 3. The molecule has 0 aliphatic carbocycles. The summed E-state index contributed by atoms with van der Waals surface area (Å²) in [5, 5.41) is 13.9. The third kappa shape index (κ3) is 3.38. The van der Waals surface area contributed by atoms with Gasteiger partial charge in [-0.1, -0.05) is 41.0 Å². The largest absolute Gasteiger partial charge is 0.361 e. The van der Waals surface area contributed by atoms with Gasteiger partial charge in [-0.05, 0) is 61.6 Å². The highest BCUT2D eigenvalue weighted by molar-refractivity contribution is 6.31. The zero-order chi connectivity index (χ0) is 21.4. The molecule has 0 bridgehead atoms. The maximum absolute atomic E-state index is 13.2. The fraction of sp³-hybridized carbons (Fsp3) is 0.292. The molecule has 0 saturated carbocycles. The van der Waals surface area contributed by atoms with E-state index in [1.807, 2.05) is 31.7 Å². The van der Waals surface area contributed by atoms with Gasteiger partial charge >= 0.3 is 0 Å². The molecule has 0 radical (unpaired) electrons. The van der Waals surface area contributed by atoms with Crippen LogP contribution in [0.5, 0.6) is 0 Å². The minimum absolute atomic E-state index is 0.0273. The van der Waals surface area contributed by atoms with Crippen LogP contribution in [0, 0.1) is 25.2 Å². The second-order valence-electron chi connectivity index (χ2n) is 7.64. The Balaban J connectivity index is 1.65. The average molecular weight is 420 g/mol. The fourth-order valence-corrected chi connectivity index (χ4v) is 4.65. The SMILES string of the molecule is Cc1noc(C)c1-c1cccc2c1CCN(C(=O)Cc1c(Cl)cccc1C#N)[C@H]2C. The number of fused-ring (bicyclic) bond motifs is 1. The van der Waals surface area contributed by atoms with Gasteiger partial charge in [0.2, 0.25) is 5.91 Å². The van der Waals surface area contributed by atoms with Crippen molar-refractivity contribution in [3.8, 4) is 17.2 Å². The smallest absolute Gasteiger partial charge is 0.227 e. The molecule has 2 heterocycles. The van der Waals surface area contributed by atoms with Crippen LogP contribution in [-0.4, -0.2) is 22.5 Å². The monoisotopic (exact) mass is 419 g/mol. The number of hydrogen-bond acceptors (Lipinski definition) is 4. The lowest BCUT2D eigenvalue weighted by molar-refractivity contribution is -0.133. The highest BCUT2D eigenvalue weighted by Crippen LogP contribution is 2.38. The lowest BCUT2D eigenvalue weighted by Gasteiger charge is -2.36. The number of benzene rings is 2. The van der Waals surface area contributed by atoms with Crippen molar-refractivity contribution in [3.05, 3.63) is 75.1 Å². The second kappa shape index (κ2) is 7.97. The van der Waals surface area contributed by atoms with E-state index in [1.165, 1.54) is 5.56 Å². The zero-order valence-corrected chi connectivity index (χ0v) is 18.0. The first-order valence-electron chi connectivity index (χ1n) is 9.94. The molecule has 1 aliphatic rings. The topological polar surface area (TPSA) is 70.1 Å². The standard InChI is InChI=1S/C24H22ClN3O2/c1-14-24(16(3)30-27-14)20-8-5-7-18-15(2)28(11-10-19(18)20)23(29)12-21-17(13-26)6-4-9-22(21)25/h4-9,15H,10-12H2,1-3H3/t15-/m0/s1. The first kappa shape index (κ1) is 20.2. The number of carbonyl (C=O) groups excluding carboxylic acids is 1. The van der Waals surface area contributed by atoms with Crippen molar-refractivity contribution < 1.29 is 9.32 Å². The Morgan fingerprint density at radius 2 is 2.07 bits per heavy atom. The van der Waals surface area contributed by atoms with Gasteiger partial charge in [-0.3, -0.25) is 4.79 Å². The minimum Gasteiger partial charge on any atom is -0.361 e. The maximum atomic E-state index is 13.2. The molecule has 6 heteroatoms. The molecule has 0 fully saturated rings. The van der Waals surface area contributed by atoms with Crippen LogP contribution in [0.1, 0.15) is 46.7 Å². The summed E-state index contributed by atoms with van der Waals surface area (Å²) in [7, 11) is 0. The minimum atomic E-state index is -0.0744. The molecule has 1 aromatic heterocycles. The van der Waals surface area contributed by atoms with Gasteiger partial charge in [0.15, 0.2) is 0 Å². The van der Waals surface area contributed by atoms with Crippen LogP contribution in [-0.2, 0) is 17.6 Å². The van der Waals surface area contributed by atoms with E-state index in [9.17, 15) is 10.1 Å². The van der Waals surface area contributed by atoms with Gasteiger partial charge in [0, 0.05) is 17.1 Å². The Hall–Kier alpha value is -3.10. The van der Waals surface area contributed by atoms with E-state index in [0.29, 0.717) is 22.7 Å². The molecular weight excluding hydrogens is 398 g/mol. The molecule has 30 heavy (non-hydrogen) atoms. The third-order valence-corrected chi connectivity index (χ3v) is 6.28. The third-order valence-electron chi connectivity index (χ3n) is 5.92. The molecule has 1 atom stereocenters. The first-order chi connectivity index (χ1) is 14.4. The van der Waals surface area contributed by atoms with Crippen molar-refractivity contribution in [2.24, 2.45) is 0 Å². The predicted molar refractivity (Wildman–Crippen MR) is 115 cm³/mol. The van der Waals surface area contributed by atoms with Crippen LogP contribution in [0.15, 0.2) is 40.9 Å². The Morgan fingerprint density at radius 1 is 1.30 bits per heavy atom. The number of hydrogen-bond donors (Lipinski definition) is 0. The number of nitriles is 1. The number of carbonyl (C=O) groups is 1. The van der Waals surface area contributed by atoms with Crippen molar-refractivity contribution >= 4 is 17.5 Å². The fourth-order valence-electron chi connectivity index (χ4n) is 4.41. The Bertz CT molecular complexity index is 1160. The van der Waals surface area contributed by atoms with Gasteiger partial charge in [-0.2, -0.15) is 5.26 Å². The number of aryl methyl sites for hydroxylation is 2. The van der Waals surface area contributed by atoms with Gasteiger partial charge in [0.25, 0.3) is 0 Å². The summed E-state index contributed by atoms with van der Waals surface area (Å²) < 4.78 is 5.37. The number of halogens is 1. The van der Waals surface area contributed by atoms with Gasteiger partial charge in [-0.15, -0.1) is 0 Å². The second-order valence-corrected chi connectivity index (χ2v) is 8.05. The van der Waals surface area contributed by atoms with E-state index in [-0.39, 0.29) is 18.4 Å². The van der Waals surface area contributed by atoms with Crippen LogP contribution in [0.25, 0.3) is 11.1 Å². The van der Waals surface area contributed by atoms with E-state index < -0.39 is 0 Å². The molecule has 1 amide bonds. The molecular formula is C24H22ClN3O2. The molecule has 0 spiro atoms. The van der Waals surface area contributed by atoms with Crippen LogP contribution in [0.3, 0.4) is 0 Å². The highest BCUT2D eigenvalue weighted by atomic mass is 35.5. The summed E-state index contributed by atoms with van der Waals surface area (Å²) in [5.74, 6) is 0.773. The molecule has 152 valence electrons. The molecule has 0 unspecified atom stereocenters. The van der Waals surface area contributed by atoms with Crippen molar-refractivity contribution in [2.45, 2.75) is 39.7 Å². The van der Waals surface area contributed by atoms with Crippen LogP contribution < -0.4 is 0 Å². The quantitative estimate of drug-likeness (QED) is 0.587. The Labute approximate surface area is 180 Å². The van der Waals surface area contributed by atoms with E-state index in [4.69, 9.17) is 16.1 Å². The summed E-state index contributed by atoms with van der Waals surface area (Å²) in [6, 6.07) is 13.4. The van der Waals surface area contributed by atoms with Gasteiger partial charge in [0.05, 0.1) is 29.8 Å². The van der Waals surface area contributed by atoms with Crippen LogP contribution >= 0.6 is 11.6 Å². The summed E-state index contributed by atoms with van der Waals surface area (Å²) in [5.41, 5.74) is 6.44. The maximum Gasteiger partial charge on any atom is 0.227 e. The summed E-state index contributed by atoms with van der Waals surface area (Å²) in [6.45, 7) is 6.53. The van der Waals surface area contributed by atoms with E-state index in [0.717, 1.165) is 34.6 Å². The van der Waals surface area contributed by atoms with Gasteiger partial charge in [0.1, 0.15) is 5.76 Å². The van der Waals surface area contributed by atoms with Crippen molar-refractivity contribution in [1.29, 1.82) is 5.26 Å². The van der Waals surface area contributed by atoms with Crippen LogP contribution in [0.4, 0.5) is 0 Å². The number of nitrogens with zero attached hydrogens (tertiary/aromatic N) is 3. The molecule has 4 rings (SSSR count). The summed E-state index contributed by atoms with van der Waals surface area (Å²) in [4.78, 5) is 15.0. The first-order valence-corrected chi connectivity index (χ1v) is 10.3. The van der Waals surface area contributed by atoms with Gasteiger partial charge in [-0.25, -0.2) is 0 Å². The highest BCUT2D eigenvalue weighted by Gasteiger charge is 2.30. The Morgan fingerprint density at radius 3 is 2.77 bits per heavy atom. The zero-order valence-electron chi connectivity index (χ0n) is 17.2. The van der Waals surface area contributed by atoms with E-state index in [2.05, 4.69) is 23.4 Å². The molecule has 3 aromatic rings. The molecule has 0 N–H and O–H groups in total. The molecule has 5 nitrogen and oxygen atoms in total. The summed E-state index contributed by atoms with van der Waals surface area (Å²) in [6.07, 6.45) is 0.866. The molecule has 2 aromatic carbocycles. The lowest BCUT2D eigenvalue weighted by Crippen LogP contribution is -2.40. The normalized spacial score (nSPS) is 15.6. The molecule has 0 saturated heterocycles. The summed E-state index contributed by atoms with van der Waals surface area (Å²) >= 11 is 6.28. The van der Waals surface area contributed by atoms with Gasteiger partial charge < -0.3 is 9.42 Å². The predicted octanol–water partition coefficient (Wildman–Crippen LogP) is 5.17. The van der Waals surface area contributed by atoms with E-state index >= 15 is 0 Å². The van der Waals surface area contributed by atoms with Crippen molar-refractivity contribution in [2.75, 3.05) is 6.54 Å².